The highest BCUT2D eigenvalue weighted by molar-refractivity contribution is 7.89. The van der Waals surface area contributed by atoms with Crippen LogP contribution in [0.4, 0.5) is 4.39 Å². The van der Waals surface area contributed by atoms with Gasteiger partial charge in [-0.25, -0.2) is 12.8 Å². The standard InChI is InChI=1S/C22H19FN2O3S/c1-16-7-12-20(28-16)15-25(14-17-8-10-19(23)11-9-17)29(26,27)21-6-2-4-18-5-3-13-24-22(18)21/h2-13H,14-15H2,1H3. The van der Waals surface area contributed by atoms with Gasteiger partial charge in [-0.05, 0) is 48.9 Å². The molecular weight excluding hydrogens is 391 g/mol. The monoisotopic (exact) mass is 410 g/mol. The normalized spacial score (nSPS) is 12.0. The smallest absolute Gasteiger partial charge is 0.245 e. The van der Waals surface area contributed by atoms with Gasteiger partial charge in [0.15, 0.2) is 0 Å². The van der Waals surface area contributed by atoms with E-state index >= 15 is 0 Å². The first-order valence-electron chi connectivity index (χ1n) is 9.07. The molecule has 4 rings (SSSR count). The number of benzene rings is 2. The summed E-state index contributed by atoms with van der Waals surface area (Å²) in [6.07, 6.45) is 1.57. The van der Waals surface area contributed by atoms with E-state index in [0.29, 0.717) is 22.6 Å². The van der Waals surface area contributed by atoms with Crippen LogP contribution in [0.15, 0.2) is 82.2 Å². The number of aromatic nitrogens is 1. The van der Waals surface area contributed by atoms with Crippen molar-refractivity contribution < 1.29 is 17.2 Å². The van der Waals surface area contributed by atoms with Crippen LogP contribution in [0.2, 0.25) is 0 Å². The minimum atomic E-state index is -3.91. The van der Waals surface area contributed by atoms with Crippen molar-refractivity contribution >= 4 is 20.9 Å². The molecule has 148 valence electrons. The molecule has 0 radical (unpaired) electrons. The van der Waals surface area contributed by atoms with E-state index in [0.717, 1.165) is 5.39 Å². The number of rotatable bonds is 6. The van der Waals surface area contributed by atoms with Gasteiger partial charge in [0.25, 0.3) is 0 Å². The summed E-state index contributed by atoms with van der Waals surface area (Å²) < 4.78 is 47.4. The van der Waals surface area contributed by atoms with Gasteiger partial charge < -0.3 is 4.42 Å². The van der Waals surface area contributed by atoms with Crippen molar-refractivity contribution in [1.82, 2.24) is 9.29 Å². The van der Waals surface area contributed by atoms with Gasteiger partial charge in [-0.15, -0.1) is 0 Å². The molecular formula is C22H19FN2O3S. The highest BCUT2D eigenvalue weighted by Crippen LogP contribution is 2.27. The number of hydrogen-bond donors (Lipinski definition) is 0. The van der Waals surface area contributed by atoms with Crippen LogP contribution in [-0.4, -0.2) is 17.7 Å². The van der Waals surface area contributed by atoms with Gasteiger partial charge in [-0.2, -0.15) is 4.31 Å². The van der Waals surface area contributed by atoms with Crippen LogP contribution in [0.5, 0.6) is 0 Å². The topological polar surface area (TPSA) is 63.4 Å². The summed E-state index contributed by atoms with van der Waals surface area (Å²) in [6.45, 7) is 1.93. The molecule has 0 aliphatic rings. The van der Waals surface area contributed by atoms with Gasteiger partial charge in [-0.3, -0.25) is 4.98 Å². The maximum atomic E-state index is 13.6. The summed E-state index contributed by atoms with van der Waals surface area (Å²) in [7, 11) is -3.91. The third-order valence-corrected chi connectivity index (χ3v) is 6.44. The second-order valence-corrected chi connectivity index (χ2v) is 8.65. The Balaban J connectivity index is 1.78. The van der Waals surface area contributed by atoms with Crippen molar-refractivity contribution in [3.05, 3.63) is 95.8 Å². The van der Waals surface area contributed by atoms with Crippen molar-refractivity contribution in [1.29, 1.82) is 0 Å². The van der Waals surface area contributed by atoms with E-state index in [-0.39, 0.29) is 23.8 Å². The number of fused-ring (bicyclic) bond motifs is 1. The zero-order valence-corrected chi connectivity index (χ0v) is 16.6. The Morgan fingerprint density at radius 3 is 2.45 bits per heavy atom. The van der Waals surface area contributed by atoms with Gasteiger partial charge >= 0.3 is 0 Å². The second kappa shape index (κ2) is 7.77. The number of furan rings is 1. The summed E-state index contributed by atoms with van der Waals surface area (Å²) in [5.41, 5.74) is 1.08. The lowest BCUT2D eigenvalue weighted by molar-refractivity contribution is 0.353. The first-order chi connectivity index (χ1) is 13.9. The molecule has 0 aliphatic carbocycles. The van der Waals surface area contributed by atoms with Crippen LogP contribution >= 0.6 is 0 Å². The van der Waals surface area contributed by atoms with E-state index in [4.69, 9.17) is 4.42 Å². The number of aryl methyl sites for hydroxylation is 1. The van der Waals surface area contributed by atoms with E-state index in [1.807, 2.05) is 12.1 Å². The predicted molar refractivity (Wildman–Crippen MR) is 108 cm³/mol. The molecule has 2 aromatic carbocycles. The van der Waals surface area contributed by atoms with Crippen molar-refractivity contribution in [2.45, 2.75) is 24.9 Å². The van der Waals surface area contributed by atoms with Gasteiger partial charge in [0, 0.05) is 18.1 Å². The summed E-state index contributed by atoms with van der Waals surface area (Å²) in [6, 6.07) is 18.0. The highest BCUT2D eigenvalue weighted by Gasteiger charge is 2.28. The minimum Gasteiger partial charge on any atom is -0.465 e. The molecule has 0 amide bonds. The SMILES string of the molecule is Cc1ccc(CN(Cc2ccc(F)cc2)S(=O)(=O)c2cccc3cccnc23)o1. The van der Waals surface area contributed by atoms with Crippen LogP contribution < -0.4 is 0 Å². The Morgan fingerprint density at radius 1 is 0.966 bits per heavy atom. The second-order valence-electron chi connectivity index (χ2n) is 6.74. The van der Waals surface area contributed by atoms with E-state index in [9.17, 15) is 12.8 Å². The average Bonchev–Trinajstić information content (AvgIpc) is 3.13. The van der Waals surface area contributed by atoms with Crippen LogP contribution in [0.1, 0.15) is 17.1 Å². The fraction of sp³-hybridized carbons (Fsp3) is 0.136. The first kappa shape index (κ1) is 19.3. The molecule has 0 atom stereocenters. The number of pyridine rings is 1. The molecule has 0 N–H and O–H groups in total. The van der Waals surface area contributed by atoms with Gasteiger partial charge in [0.05, 0.1) is 12.1 Å². The third kappa shape index (κ3) is 4.06. The van der Waals surface area contributed by atoms with Gasteiger partial charge in [-0.1, -0.05) is 30.3 Å². The first-order valence-corrected chi connectivity index (χ1v) is 10.5. The van der Waals surface area contributed by atoms with E-state index in [2.05, 4.69) is 4.98 Å². The summed E-state index contributed by atoms with van der Waals surface area (Å²) in [5.74, 6) is 0.857. The van der Waals surface area contributed by atoms with Crippen molar-refractivity contribution in [3.8, 4) is 0 Å². The van der Waals surface area contributed by atoms with Crippen LogP contribution in [-0.2, 0) is 23.1 Å². The Hall–Kier alpha value is -3.03. The number of nitrogens with zero attached hydrogens (tertiary/aromatic N) is 2. The lowest BCUT2D eigenvalue weighted by Gasteiger charge is -2.22. The predicted octanol–water partition coefficient (Wildman–Crippen LogP) is 4.67. The molecule has 29 heavy (non-hydrogen) atoms. The van der Waals surface area contributed by atoms with Crippen LogP contribution in [0.25, 0.3) is 10.9 Å². The van der Waals surface area contributed by atoms with Crippen molar-refractivity contribution in [2.75, 3.05) is 0 Å². The molecule has 0 saturated carbocycles. The fourth-order valence-corrected chi connectivity index (χ4v) is 4.75. The third-order valence-electron chi connectivity index (χ3n) is 4.61. The van der Waals surface area contributed by atoms with Crippen molar-refractivity contribution in [2.24, 2.45) is 0 Å². The number of para-hydroxylation sites is 1. The molecule has 0 aliphatic heterocycles. The fourth-order valence-electron chi connectivity index (χ4n) is 3.19. The molecule has 0 spiro atoms. The maximum absolute atomic E-state index is 13.6. The quantitative estimate of drug-likeness (QED) is 0.464. The molecule has 0 saturated heterocycles. The number of hydrogen-bond acceptors (Lipinski definition) is 4. The lowest BCUT2D eigenvalue weighted by atomic mass is 10.2. The van der Waals surface area contributed by atoms with Crippen molar-refractivity contribution in [3.63, 3.8) is 0 Å². The summed E-state index contributed by atoms with van der Waals surface area (Å²) in [4.78, 5) is 4.41. The molecule has 0 bridgehead atoms. The molecule has 2 heterocycles. The minimum absolute atomic E-state index is 0.0524. The molecule has 7 heteroatoms. The Morgan fingerprint density at radius 2 is 1.72 bits per heavy atom. The maximum Gasteiger partial charge on any atom is 0.245 e. The Labute approximate surface area is 168 Å². The number of halogens is 1. The lowest BCUT2D eigenvalue weighted by Crippen LogP contribution is -2.30. The molecule has 5 nitrogen and oxygen atoms in total. The van der Waals surface area contributed by atoms with Gasteiger partial charge in [0.2, 0.25) is 10.0 Å². The zero-order valence-electron chi connectivity index (χ0n) is 15.7. The summed E-state index contributed by atoms with van der Waals surface area (Å²) in [5, 5.41) is 0.740. The van der Waals surface area contributed by atoms with Crippen LogP contribution in [0.3, 0.4) is 0 Å². The number of sulfonamides is 1. The Kier molecular flexibility index (Phi) is 5.17. The van der Waals surface area contributed by atoms with E-state index in [1.165, 1.54) is 16.4 Å². The van der Waals surface area contributed by atoms with Gasteiger partial charge in [0.1, 0.15) is 22.2 Å². The highest BCUT2D eigenvalue weighted by atomic mass is 32.2. The molecule has 4 aromatic rings. The summed E-state index contributed by atoms with van der Waals surface area (Å²) >= 11 is 0. The zero-order chi connectivity index (χ0) is 20.4. The largest absolute Gasteiger partial charge is 0.465 e. The average molecular weight is 410 g/mol. The van der Waals surface area contributed by atoms with E-state index < -0.39 is 10.0 Å². The van der Waals surface area contributed by atoms with Crippen LogP contribution in [0, 0.1) is 12.7 Å². The molecule has 0 unspecified atom stereocenters. The molecule has 0 fully saturated rings. The Bertz CT molecular complexity index is 1250. The molecule has 2 aromatic heterocycles. The van der Waals surface area contributed by atoms with E-state index in [1.54, 1.807) is 55.6 Å².